The van der Waals surface area contributed by atoms with E-state index in [0.29, 0.717) is 19.5 Å². The molecule has 4 heteroatoms. The van der Waals surface area contributed by atoms with Crippen LogP contribution in [0.25, 0.3) is 0 Å². The van der Waals surface area contributed by atoms with Crippen LogP contribution in [0.15, 0.2) is 0 Å². The topological polar surface area (TPSA) is 58.2 Å². The van der Waals surface area contributed by atoms with Gasteiger partial charge in [-0.25, -0.2) is 0 Å². The monoisotopic (exact) mass is 156 g/mol. The first-order valence-electron chi connectivity index (χ1n) is 3.69. The molecular formula is C7H12N2O2. The van der Waals surface area contributed by atoms with Crippen LogP contribution in [0, 0.1) is 5.92 Å². The fourth-order valence-electron chi connectivity index (χ4n) is 1.10. The lowest BCUT2D eigenvalue weighted by atomic mass is 10.1. The summed E-state index contributed by atoms with van der Waals surface area (Å²) in [5, 5.41) is 5.38. The fourth-order valence-corrected chi connectivity index (χ4v) is 1.10. The Morgan fingerprint density at radius 3 is 3.00 bits per heavy atom. The standard InChI is InChI=1S/C7H12N2O2/c1-5(10)8-3-6-2-7(11)9-4-6/h6H,2-4H2,1H3,(H,8,10)(H,9,11). The predicted molar refractivity (Wildman–Crippen MR) is 39.8 cm³/mol. The first kappa shape index (κ1) is 8.04. The molecule has 1 aliphatic heterocycles. The summed E-state index contributed by atoms with van der Waals surface area (Å²) in [4.78, 5) is 21.1. The van der Waals surface area contributed by atoms with Gasteiger partial charge in [0.1, 0.15) is 0 Å². The summed E-state index contributed by atoms with van der Waals surface area (Å²) in [6.45, 7) is 2.78. The molecule has 62 valence electrons. The third-order valence-corrected chi connectivity index (χ3v) is 1.70. The van der Waals surface area contributed by atoms with Crippen LogP contribution in [0.5, 0.6) is 0 Å². The molecule has 1 saturated heterocycles. The summed E-state index contributed by atoms with van der Waals surface area (Å²) in [7, 11) is 0. The zero-order chi connectivity index (χ0) is 8.27. The number of carbonyl (C=O) groups excluding carboxylic acids is 2. The van der Waals surface area contributed by atoms with Crippen LogP contribution in [-0.4, -0.2) is 24.9 Å². The Morgan fingerprint density at radius 1 is 1.82 bits per heavy atom. The molecule has 0 saturated carbocycles. The van der Waals surface area contributed by atoms with E-state index >= 15 is 0 Å². The van der Waals surface area contributed by atoms with Crippen molar-refractivity contribution >= 4 is 11.8 Å². The highest BCUT2D eigenvalue weighted by Gasteiger charge is 2.20. The summed E-state index contributed by atoms with van der Waals surface area (Å²) in [5.74, 6) is 0.330. The Kier molecular flexibility index (Phi) is 2.46. The smallest absolute Gasteiger partial charge is 0.220 e. The normalized spacial score (nSPS) is 23.0. The van der Waals surface area contributed by atoms with Gasteiger partial charge in [-0.3, -0.25) is 9.59 Å². The fraction of sp³-hybridized carbons (Fsp3) is 0.714. The van der Waals surface area contributed by atoms with E-state index in [1.807, 2.05) is 0 Å². The lowest BCUT2D eigenvalue weighted by molar-refractivity contribution is -0.120. The van der Waals surface area contributed by atoms with Crippen molar-refractivity contribution in [3.05, 3.63) is 0 Å². The van der Waals surface area contributed by atoms with E-state index < -0.39 is 0 Å². The van der Waals surface area contributed by atoms with Gasteiger partial charge in [-0.2, -0.15) is 0 Å². The van der Waals surface area contributed by atoms with Crippen molar-refractivity contribution in [1.82, 2.24) is 10.6 Å². The largest absolute Gasteiger partial charge is 0.356 e. The molecule has 0 spiro atoms. The maximum atomic E-state index is 10.7. The van der Waals surface area contributed by atoms with Crippen molar-refractivity contribution in [3.63, 3.8) is 0 Å². The molecule has 1 fully saturated rings. The van der Waals surface area contributed by atoms with Crippen molar-refractivity contribution in [2.24, 2.45) is 5.92 Å². The van der Waals surface area contributed by atoms with Gasteiger partial charge in [-0.05, 0) is 0 Å². The molecule has 0 aromatic heterocycles. The highest BCUT2D eigenvalue weighted by atomic mass is 16.2. The molecule has 1 unspecified atom stereocenters. The van der Waals surface area contributed by atoms with Crippen LogP contribution in [-0.2, 0) is 9.59 Å². The molecule has 0 aromatic rings. The Bertz CT molecular complexity index is 179. The van der Waals surface area contributed by atoms with Gasteiger partial charge in [0.2, 0.25) is 11.8 Å². The minimum Gasteiger partial charge on any atom is -0.356 e. The first-order valence-corrected chi connectivity index (χ1v) is 3.69. The van der Waals surface area contributed by atoms with Gasteiger partial charge in [-0.1, -0.05) is 0 Å². The van der Waals surface area contributed by atoms with Crippen LogP contribution in [0.4, 0.5) is 0 Å². The van der Waals surface area contributed by atoms with E-state index in [1.54, 1.807) is 0 Å². The van der Waals surface area contributed by atoms with Gasteiger partial charge in [0.15, 0.2) is 0 Å². The van der Waals surface area contributed by atoms with E-state index in [2.05, 4.69) is 10.6 Å². The molecule has 2 amide bonds. The quantitative estimate of drug-likeness (QED) is 0.553. The van der Waals surface area contributed by atoms with Crippen LogP contribution < -0.4 is 10.6 Å². The van der Waals surface area contributed by atoms with E-state index in [-0.39, 0.29) is 17.7 Å². The number of hydrogen-bond donors (Lipinski definition) is 2. The molecular weight excluding hydrogens is 144 g/mol. The van der Waals surface area contributed by atoms with Crippen molar-refractivity contribution in [2.75, 3.05) is 13.1 Å². The molecule has 0 radical (unpaired) electrons. The maximum Gasteiger partial charge on any atom is 0.220 e. The number of rotatable bonds is 2. The molecule has 4 nitrogen and oxygen atoms in total. The number of nitrogens with one attached hydrogen (secondary N) is 2. The van der Waals surface area contributed by atoms with Crippen LogP contribution in [0.1, 0.15) is 13.3 Å². The second-order valence-corrected chi connectivity index (χ2v) is 2.81. The second kappa shape index (κ2) is 3.37. The lowest BCUT2D eigenvalue weighted by Crippen LogP contribution is -2.27. The van der Waals surface area contributed by atoms with E-state index in [1.165, 1.54) is 6.92 Å². The van der Waals surface area contributed by atoms with Gasteiger partial charge in [0, 0.05) is 32.4 Å². The summed E-state index contributed by atoms with van der Waals surface area (Å²) in [6, 6.07) is 0. The third-order valence-electron chi connectivity index (χ3n) is 1.70. The molecule has 2 N–H and O–H groups in total. The minimum atomic E-state index is -0.0376. The van der Waals surface area contributed by atoms with Gasteiger partial charge < -0.3 is 10.6 Å². The van der Waals surface area contributed by atoms with E-state index in [0.717, 1.165) is 0 Å². The van der Waals surface area contributed by atoms with Gasteiger partial charge in [0.25, 0.3) is 0 Å². The zero-order valence-corrected chi connectivity index (χ0v) is 6.52. The molecule has 1 rings (SSSR count). The van der Waals surface area contributed by atoms with Crippen molar-refractivity contribution in [3.8, 4) is 0 Å². The molecule has 0 bridgehead atoms. The van der Waals surface area contributed by atoms with E-state index in [4.69, 9.17) is 0 Å². The predicted octanol–water partition coefficient (Wildman–Crippen LogP) is -0.741. The van der Waals surface area contributed by atoms with Crippen molar-refractivity contribution < 1.29 is 9.59 Å². The Labute approximate surface area is 65.3 Å². The lowest BCUT2D eigenvalue weighted by Gasteiger charge is -2.05. The summed E-state index contributed by atoms with van der Waals surface area (Å²) in [6.07, 6.45) is 0.542. The van der Waals surface area contributed by atoms with Gasteiger partial charge >= 0.3 is 0 Å². The maximum absolute atomic E-state index is 10.7. The molecule has 11 heavy (non-hydrogen) atoms. The molecule has 1 heterocycles. The second-order valence-electron chi connectivity index (χ2n) is 2.81. The first-order chi connectivity index (χ1) is 5.18. The highest BCUT2D eigenvalue weighted by Crippen LogP contribution is 2.06. The third kappa shape index (κ3) is 2.57. The number of amides is 2. The van der Waals surface area contributed by atoms with Crippen molar-refractivity contribution in [1.29, 1.82) is 0 Å². The Balaban J connectivity index is 2.18. The zero-order valence-electron chi connectivity index (χ0n) is 6.52. The SMILES string of the molecule is CC(=O)NCC1CNC(=O)C1. The average Bonchev–Trinajstić information content (AvgIpc) is 2.31. The number of carbonyl (C=O) groups is 2. The molecule has 0 aliphatic carbocycles. The van der Waals surface area contributed by atoms with E-state index in [9.17, 15) is 9.59 Å². The van der Waals surface area contributed by atoms with Crippen LogP contribution in [0.3, 0.4) is 0 Å². The van der Waals surface area contributed by atoms with Crippen LogP contribution in [0.2, 0.25) is 0 Å². The number of hydrogen-bond acceptors (Lipinski definition) is 2. The highest BCUT2D eigenvalue weighted by molar-refractivity contribution is 5.78. The summed E-state index contributed by atoms with van der Waals surface area (Å²) in [5.41, 5.74) is 0. The van der Waals surface area contributed by atoms with Gasteiger partial charge in [0.05, 0.1) is 0 Å². The summed E-state index contributed by atoms with van der Waals surface area (Å²) < 4.78 is 0. The summed E-state index contributed by atoms with van der Waals surface area (Å²) >= 11 is 0. The molecule has 0 aromatic carbocycles. The van der Waals surface area contributed by atoms with Crippen molar-refractivity contribution in [2.45, 2.75) is 13.3 Å². The average molecular weight is 156 g/mol. The Morgan fingerprint density at radius 2 is 2.55 bits per heavy atom. The minimum absolute atomic E-state index is 0.0376. The Hall–Kier alpha value is -1.06. The molecule has 1 aliphatic rings. The van der Waals surface area contributed by atoms with Crippen LogP contribution >= 0.6 is 0 Å². The molecule has 1 atom stereocenters. The van der Waals surface area contributed by atoms with Gasteiger partial charge in [-0.15, -0.1) is 0 Å².